The van der Waals surface area contributed by atoms with Gasteiger partial charge in [0, 0.05) is 5.92 Å². The second-order valence-electron chi connectivity index (χ2n) is 4.00. The van der Waals surface area contributed by atoms with Crippen LogP contribution in [0.4, 0.5) is 0 Å². The molecule has 2 unspecified atom stereocenters. The minimum Gasteiger partial charge on any atom is -0.496 e. The molecular formula is C13H15NO. The minimum atomic E-state index is 0.239. The van der Waals surface area contributed by atoms with Gasteiger partial charge in [0.2, 0.25) is 0 Å². The molecule has 1 fully saturated rings. The number of methoxy groups -OCH3 is 1. The Morgan fingerprint density at radius 3 is 2.87 bits per heavy atom. The van der Waals surface area contributed by atoms with E-state index in [0.29, 0.717) is 5.92 Å². The van der Waals surface area contributed by atoms with E-state index in [1.807, 2.05) is 6.07 Å². The molecule has 1 saturated carbocycles. The Kier molecular flexibility index (Phi) is 2.64. The molecule has 0 aliphatic heterocycles. The quantitative estimate of drug-likeness (QED) is 0.753. The molecule has 1 aromatic carbocycles. The Morgan fingerprint density at radius 1 is 1.53 bits per heavy atom. The molecule has 0 saturated heterocycles. The molecule has 0 radical (unpaired) electrons. The predicted octanol–water partition coefficient (Wildman–Crippen LogP) is 2.88. The van der Waals surface area contributed by atoms with Crippen LogP contribution in [0, 0.1) is 17.2 Å². The van der Waals surface area contributed by atoms with Gasteiger partial charge in [-0.15, -0.1) is 0 Å². The van der Waals surface area contributed by atoms with E-state index >= 15 is 0 Å². The van der Waals surface area contributed by atoms with E-state index in [-0.39, 0.29) is 5.92 Å². The van der Waals surface area contributed by atoms with Crippen LogP contribution in [-0.2, 0) is 6.42 Å². The number of aryl methyl sites for hydroxylation is 1. The lowest BCUT2D eigenvalue weighted by molar-refractivity contribution is 0.410. The monoisotopic (exact) mass is 201 g/mol. The second kappa shape index (κ2) is 3.94. The van der Waals surface area contributed by atoms with Crippen molar-refractivity contribution in [3.8, 4) is 11.8 Å². The standard InChI is InChI=1S/C13H15NO/c1-3-9-6-10(4-5-13(9)15-2)12-7-11(12)8-14/h4-6,11-12H,3,7H2,1-2H3. The smallest absolute Gasteiger partial charge is 0.122 e. The number of nitriles is 1. The summed E-state index contributed by atoms with van der Waals surface area (Å²) >= 11 is 0. The van der Waals surface area contributed by atoms with Crippen molar-refractivity contribution in [1.82, 2.24) is 0 Å². The molecule has 2 atom stereocenters. The van der Waals surface area contributed by atoms with Gasteiger partial charge in [0.1, 0.15) is 5.75 Å². The van der Waals surface area contributed by atoms with Gasteiger partial charge in [-0.05, 0) is 30.0 Å². The molecule has 0 N–H and O–H groups in total. The summed E-state index contributed by atoms with van der Waals surface area (Å²) in [6, 6.07) is 8.60. The highest BCUT2D eigenvalue weighted by atomic mass is 16.5. The molecule has 2 rings (SSSR count). The van der Waals surface area contributed by atoms with Crippen molar-refractivity contribution in [3.05, 3.63) is 29.3 Å². The molecule has 78 valence electrons. The molecule has 15 heavy (non-hydrogen) atoms. The molecule has 1 aromatic rings. The summed E-state index contributed by atoms with van der Waals surface area (Å²) in [5.41, 5.74) is 2.53. The first-order valence-corrected chi connectivity index (χ1v) is 5.36. The van der Waals surface area contributed by atoms with Crippen LogP contribution in [0.2, 0.25) is 0 Å². The van der Waals surface area contributed by atoms with Crippen molar-refractivity contribution in [1.29, 1.82) is 5.26 Å². The van der Waals surface area contributed by atoms with E-state index in [1.54, 1.807) is 7.11 Å². The number of ether oxygens (including phenoxy) is 1. The second-order valence-corrected chi connectivity index (χ2v) is 4.00. The Labute approximate surface area is 90.5 Å². The van der Waals surface area contributed by atoms with Crippen LogP contribution in [0.5, 0.6) is 5.75 Å². The Morgan fingerprint density at radius 2 is 2.33 bits per heavy atom. The first-order valence-electron chi connectivity index (χ1n) is 5.36. The SMILES string of the molecule is CCc1cc(C2CC2C#N)ccc1OC. The largest absolute Gasteiger partial charge is 0.496 e. The summed E-state index contributed by atoms with van der Waals surface area (Å²) in [6.07, 6.45) is 1.99. The van der Waals surface area contributed by atoms with Crippen LogP contribution in [-0.4, -0.2) is 7.11 Å². The van der Waals surface area contributed by atoms with E-state index in [0.717, 1.165) is 18.6 Å². The van der Waals surface area contributed by atoms with Gasteiger partial charge in [-0.25, -0.2) is 0 Å². The van der Waals surface area contributed by atoms with Crippen LogP contribution in [0.3, 0.4) is 0 Å². The van der Waals surface area contributed by atoms with E-state index in [9.17, 15) is 0 Å². The minimum absolute atomic E-state index is 0.239. The topological polar surface area (TPSA) is 33.0 Å². The summed E-state index contributed by atoms with van der Waals surface area (Å²) in [7, 11) is 1.70. The number of hydrogen-bond donors (Lipinski definition) is 0. The van der Waals surface area contributed by atoms with E-state index in [1.165, 1.54) is 11.1 Å². The van der Waals surface area contributed by atoms with Gasteiger partial charge in [-0.3, -0.25) is 0 Å². The van der Waals surface area contributed by atoms with E-state index in [4.69, 9.17) is 10.00 Å². The van der Waals surface area contributed by atoms with Gasteiger partial charge >= 0.3 is 0 Å². The number of nitrogens with zero attached hydrogens (tertiary/aromatic N) is 1. The molecule has 2 nitrogen and oxygen atoms in total. The summed E-state index contributed by atoms with van der Waals surface area (Å²) in [5, 5.41) is 8.79. The Balaban J connectivity index is 2.25. The van der Waals surface area contributed by atoms with Gasteiger partial charge in [0.15, 0.2) is 0 Å². The highest BCUT2D eigenvalue weighted by Gasteiger charge is 2.38. The predicted molar refractivity (Wildman–Crippen MR) is 58.8 cm³/mol. The van der Waals surface area contributed by atoms with Crippen LogP contribution < -0.4 is 4.74 Å². The van der Waals surface area contributed by atoms with Crippen molar-refractivity contribution in [2.45, 2.75) is 25.7 Å². The average molecular weight is 201 g/mol. The lowest BCUT2D eigenvalue weighted by Gasteiger charge is -2.08. The third-order valence-corrected chi connectivity index (χ3v) is 3.07. The Bertz CT molecular complexity index is 405. The molecule has 0 spiro atoms. The van der Waals surface area contributed by atoms with Crippen molar-refractivity contribution < 1.29 is 4.74 Å². The molecule has 0 heterocycles. The maximum absolute atomic E-state index is 8.79. The summed E-state index contributed by atoms with van der Waals surface area (Å²) in [4.78, 5) is 0. The number of hydrogen-bond acceptors (Lipinski definition) is 2. The lowest BCUT2D eigenvalue weighted by atomic mass is 10.0. The van der Waals surface area contributed by atoms with Crippen molar-refractivity contribution >= 4 is 0 Å². The first-order chi connectivity index (χ1) is 7.30. The summed E-state index contributed by atoms with van der Waals surface area (Å²) in [5.74, 6) is 1.66. The highest BCUT2D eigenvalue weighted by molar-refractivity contribution is 5.41. The van der Waals surface area contributed by atoms with Crippen LogP contribution in [0.1, 0.15) is 30.4 Å². The fourth-order valence-electron chi connectivity index (χ4n) is 2.01. The molecule has 2 heteroatoms. The lowest BCUT2D eigenvalue weighted by Crippen LogP contribution is -1.92. The van der Waals surface area contributed by atoms with Crippen LogP contribution >= 0.6 is 0 Å². The molecule has 0 amide bonds. The van der Waals surface area contributed by atoms with E-state index in [2.05, 4.69) is 25.1 Å². The maximum atomic E-state index is 8.79. The van der Waals surface area contributed by atoms with Gasteiger partial charge in [-0.1, -0.05) is 19.1 Å². The zero-order valence-electron chi connectivity index (χ0n) is 9.16. The summed E-state index contributed by atoms with van der Waals surface area (Å²) in [6.45, 7) is 2.12. The number of rotatable bonds is 3. The fraction of sp³-hybridized carbons (Fsp3) is 0.462. The zero-order valence-corrected chi connectivity index (χ0v) is 9.16. The Hall–Kier alpha value is -1.49. The molecule has 1 aliphatic rings. The van der Waals surface area contributed by atoms with Crippen LogP contribution in [0.15, 0.2) is 18.2 Å². The average Bonchev–Trinajstić information content (AvgIpc) is 3.07. The van der Waals surface area contributed by atoms with Crippen molar-refractivity contribution in [2.75, 3.05) is 7.11 Å². The van der Waals surface area contributed by atoms with Crippen LogP contribution in [0.25, 0.3) is 0 Å². The molecule has 0 aromatic heterocycles. The molecular weight excluding hydrogens is 186 g/mol. The van der Waals surface area contributed by atoms with Gasteiger partial charge < -0.3 is 4.74 Å². The zero-order chi connectivity index (χ0) is 10.8. The molecule has 1 aliphatic carbocycles. The van der Waals surface area contributed by atoms with Gasteiger partial charge in [-0.2, -0.15) is 5.26 Å². The van der Waals surface area contributed by atoms with E-state index < -0.39 is 0 Å². The molecule has 0 bridgehead atoms. The first kappa shape index (κ1) is 10.0. The van der Waals surface area contributed by atoms with Crippen molar-refractivity contribution in [2.24, 2.45) is 5.92 Å². The third-order valence-electron chi connectivity index (χ3n) is 3.07. The van der Waals surface area contributed by atoms with Gasteiger partial charge in [0.25, 0.3) is 0 Å². The third kappa shape index (κ3) is 1.83. The normalized spacial score (nSPS) is 23.3. The van der Waals surface area contributed by atoms with Gasteiger partial charge in [0.05, 0.1) is 19.1 Å². The fourth-order valence-corrected chi connectivity index (χ4v) is 2.01. The highest BCUT2D eigenvalue weighted by Crippen LogP contribution is 2.47. The maximum Gasteiger partial charge on any atom is 0.122 e. The summed E-state index contributed by atoms with van der Waals surface area (Å²) < 4.78 is 5.28. The van der Waals surface area contributed by atoms with Crippen molar-refractivity contribution in [3.63, 3.8) is 0 Å². The number of benzene rings is 1.